The molecule has 6 nitrogen and oxygen atoms in total. The van der Waals surface area contributed by atoms with E-state index in [0.29, 0.717) is 11.9 Å². The minimum absolute atomic E-state index is 0.0197. The van der Waals surface area contributed by atoms with Crippen LogP contribution in [0.15, 0.2) is 0 Å². The summed E-state index contributed by atoms with van der Waals surface area (Å²) in [5.74, 6) is 0.596. The third-order valence-electron chi connectivity index (χ3n) is 1.35. The van der Waals surface area contributed by atoms with E-state index in [2.05, 4.69) is 25.6 Å². The summed E-state index contributed by atoms with van der Waals surface area (Å²) >= 11 is 0. The molecule has 0 atom stereocenters. The van der Waals surface area contributed by atoms with Crippen LogP contribution in [0.2, 0.25) is 0 Å². The Morgan fingerprint density at radius 2 is 1.47 bits per heavy atom. The van der Waals surface area contributed by atoms with Gasteiger partial charge in [0.25, 0.3) is 0 Å². The summed E-state index contributed by atoms with van der Waals surface area (Å²) in [7, 11) is 0. The topological polar surface area (TPSA) is 72.0 Å². The summed E-state index contributed by atoms with van der Waals surface area (Å²) < 4.78 is 4.93. The summed E-state index contributed by atoms with van der Waals surface area (Å²) in [6.45, 7) is 16.2. The fourth-order valence-corrected chi connectivity index (χ4v) is 0.836. The highest BCUT2D eigenvalue weighted by atomic mass is 16.5. The van der Waals surface area contributed by atoms with Gasteiger partial charge in [-0.3, -0.25) is 0 Å². The van der Waals surface area contributed by atoms with Crippen LogP contribution in [0.1, 0.15) is 0 Å². The third-order valence-corrected chi connectivity index (χ3v) is 1.35. The van der Waals surface area contributed by atoms with Crippen molar-refractivity contribution in [1.82, 2.24) is 15.0 Å². The fraction of sp³-hybridized carbons (Fsp3) is 0.333. The summed E-state index contributed by atoms with van der Waals surface area (Å²) in [6.07, 6.45) is 0. The zero-order valence-electron chi connectivity index (χ0n) is 8.10. The lowest BCUT2D eigenvalue weighted by molar-refractivity contribution is 0.331. The molecule has 0 unspecified atom stereocenters. The number of rotatable bonds is 6. The molecule has 0 aliphatic carbocycles. The minimum atomic E-state index is -0.0197. The van der Waals surface area contributed by atoms with Crippen molar-refractivity contribution in [3.8, 4) is 6.01 Å². The lowest BCUT2D eigenvalue weighted by Crippen LogP contribution is -2.10. The number of nitrogens with zero attached hydrogens (tertiary/aromatic N) is 3. The van der Waals surface area contributed by atoms with Gasteiger partial charge in [0, 0.05) is 20.0 Å². The van der Waals surface area contributed by atoms with Crippen molar-refractivity contribution in [2.45, 2.75) is 0 Å². The Kier molecular flexibility index (Phi) is 4.59. The first-order valence-electron chi connectivity index (χ1n) is 4.27. The monoisotopic (exact) mass is 205 g/mol. The summed E-state index contributed by atoms with van der Waals surface area (Å²) in [5, 5.41) is 5.44. The molecule has 0 fully saturated rings. The third kappa shape index (κ3) is 3.57. The Morgan fingerprint density at radius 1 is 0.933 bits per heavy atom. The average molecular weight is 205 g/mol. The van der Waals surface area contributed by atoms with Crippen molar-refractivity contribution in [2.24, 2.45) is 0 Å². The Bertz CT molecular complexity index is 245. The van der Waals surface area contributed by atoms with Crippen molar-refractivity contribution in [2.75, 3.05) is 30.3 Å². The second-order valence-corrected chi connectivity index (χ2v) is 2.34. The van der Waals surface area contributed by atoms with E-state index in [1.54, 1.807) is 0 Å². The molecule has 6 radical (unpaired) electrons. The van der Waals surface area contributed by atoms with Gasteiger partial charge < -0.3 is 15.4 Å². The van der Waals surface area contributed by atoms with Crippen LogP contribution in [0.3, 0.4) is 0 Å². The van der Waals surface area contributed by atoms with E-state index in [-0.39, 0.29) is 25.7 Å². The van der Waals surface area contributed by atoms with Crippen molar-refractivity contribution < 1.29 is 4.74 Å². The highest BCUT2D eigenvalue weighted by molar-refractivity contribution is 5.35. The summed E-state index contributed by atoms with van der Waals surface area (Å²) in [6, 6.07) is 0.111. The van der Waals surface area contributed by atoms with Gasteiger partial charge in [0.05, 0.1) is 6.61 Å². The smallest absolute Gasteiger partial charge is 0.323 e. The average Bonchev–Trinajstić information content (AvgIpc) is 2.19. The molecule has 2 N–H and O–H groups in total. The Labute approximate surface area is 89.5 Å². The van der Waals surface area contributed by atoms with Gasteiger partial charge in [0.1, 0.15) is 0 Å². The SMILES string of the molecule is [CH]CNc1nc(NC[CH])nc(OC[CH])n1. The summed E-state index contributed by atoms with van der Waals surface area (Å²) in [4.78, 5) is 11.8. The van der Waals surface area contributed by atoms with E-state index in [0.717, 1.165) is 0 Å². The maximum Gasteiger partial charge on any atom is 0.323 e. The molecule has 15 heavy (non-hydrogen) atoms. The van der Waals surface area contributed by atoms with Crippen LogP contribution in [0.25, 0.3) is 0 Å². The van der Waals surface area contributed by atoms with Crippen molar-refractivity contribution in [3.05, 3.63) is 20.8 Å². The second kappa shape index (κ2) is 6.00. The molecule has 6 heteroatoms. The van der Waals surface area contributed by atoms with Crippen LogP contribution >= 0.6 is 0 Å². The molecule has 0 aliphatic rings. The molecule has 0 aliphatic heterocycles. The molecule has 0 bridgehead atoms. The lowest BCUT2D eigenvalue weighted by Gasteiger charge is -2.07. The molecule has 1 aromatic rings. The zero-order chi connectivity index (χ0) is 11.1. The molecule has 78 valence electrons. The van der Waals surface area contributed by atoms with Crippen LogP contribution in [-0.4, -0.2) is 34.6 Å². The molecule has 1 aromatic heterocycles. The van der Waals surface area contributed by atoms with Gasteiger partial charge in [0.2, 0.25) is 11.9 Å². The number of hydrogen-bond acceptors (Lipinski definition) is 6. The minimum Gasteiger partial charge on any atom is -0.463 e. The lowest BCUT2D eigenvalue weighted by atomic mass is 10.7. The van der Waals surface area contributed by atoms with Gasteiger partial charge in [-0.1, -0.05) is 0 Å². The normalized spacial score (nSPS) is 9.80. The first kappa shape index (κ1) is 11.5. The Morgan fingerprint density at radius 3 is 1.87 bits per heavy atom. The molecule has 0 spiro atoms. The second-order valence-electron chi connectivity index (χ2n) is 2.34. The van der Waals surface area contributed by atoms with Crippen molar-refractivity contribution in [3.63, 3.8) is 0 Å². The molecule has 1 heterocycles. The Hall–Kier alpha value is -1.59. The van der Waals surface area contributed by atoms with Crippen LogP contribution < -0.4 is 15.4 Å². The number of nitrogens with one attached hydrogen (secondary N) is 2. The zero-order valence-corrected chi connectivity index (χ0v) is 8.10. The number of ether oxygens (including phenoxy) is 1. The molecular weight excluding hydrogens is 194 g/mol. The fourth-order valence-electron chi connectivity index (χ4n) is 0.836. The highest BCUT2D eigenvalue weighted by Crippen LogP contribution is 2.10. The molecule has 0 saturated carbocycles. The quantitative estimate of drug-likeness (QED) is 0.691. The molecule has 1 rings (SSSR count). The first-order valence-corrected chi connectivity index (χ1v) is 4.27. The van der Waals surface area contributed by atoms with E-state index < -0.39 is 0 Å². The molecule has 0 aromatic carbocycles. The predicted molar refractivity (Wildman–Crippen MR) is 55.2 cm³/mol. The predicted octanol–water partition coefficient (Wildman–Crippen LogP) is 0.207. The molecular formula is C9H11N5O. The van der Waals surface area contributed by atoms with Gasteiger partial charge >= 0.3 is 6.01 Å². The molecule has 0 saturated heterocycles. The van der Waals surface area contributed by atoms with E-state index in [4.69, 9.17) is 25.5 Å². The van der Waals surface area contributed by atoms with Crippen molar-refractivity contribution in [1.29, 1.82) is 0 Å². The van der Waals surface area contributed by atoms with Crippen LogP contribution in [-0.2, 0) is 0 Å². The van der Waals surface area contributed by atoms with Crippen molar-refractivity contribution >= 4 is 11.9 Å². The maximum atomic E-state index is 5.29. The Balaban J connectivity index is 2.86. The number of anilines is 2. The number of hydrogen-bond donors (Lipinski definition) is 2. The van der Waals surface area contributed by atoms with Crippen LogP contribution in [0.5, 0.6) is 6.01 Å². The van der Waals surface area contributed by atoms with Gasteiger partial charge in [-0.05, 0) is 13.8 Å². The van der Waals surface area contributed by atoms with E-state index in [9.17, 15) is 0 Å². The largest absolute Gasteiger partial charge is 0.463 e. The standard InChI is InChI=1S/C9H11N5O/c1-4-10-7-12-8(11-5-2)14-9(13-7)15-6-3/h1-3H,4-6H2,(H2,10,11,12,13,14). The summed E-state index contributed by atoms with van der Waals surface area (Å²) in [5.41, 5.74) is 0. The van der Waals surface area contributed by atoms with Gasteiger partial charge in [-0.25, -0.2) is 0 Å². The van der Waals surface area contributed by atoms with Gasteiger partial charge in [0.15, 0.2) is 0 Å². The van der Waals surface area contributed by atoms with Gasteiger partial charge in [-0.2, -0.15) is 15.0 Å². The number of aromatic nitrogens is 3. The van der Waals surface area contributed by atoms with E-state index in [1.807, 2.05) is 0 Å². The molecule has 0 amide bonds. The van der Waals surface area contributed by atoms with Crippen LogP contribution in [0, 0.1) is 20.8 Å². The van der Waals surface area contributed by atoms with Gasteiger partial charge in [-0.15, -0.1) is 0 Å². The van der Waals surface area contributed by atoms with Crippen LogP contribution in [0.4, 0.5) is 11.9 Å². The highest BCUT2D eigenvalue weighted by Gasteiger charge is 2.05. The first-order chi connectivity index (χ1) is 7.30. The van der Waals surface area contributed by atoms with E-state index in [1.165, 1.54) is 0 Å². The maximum absolute atomic E-state index is 5.29. The van der Waals surface area contributed by atoms with E-state index >= 15 is 0 Å².